The second-order valence-corrected chi connectivity index (χ2v) is 6.31. The minimum atomic E-state index is -4.82. The lowest BCUT2D eigenvalue weighted by atomic mass is 10.2. The predicted octanol–water partition coefficient (Wildman–Crippen LogP) is 5.83. The summed E-state index contributed by atoms with van der Waals surface area (Å²) < 4.78 is 46.1. The Morgan fingerprint density at radius 3 is 2.48 bits per heavy atom. The molecule has 10 heteroatoms. The summed E-state index contributed by atoms with van der Waals surface area (Å²) in [4.78, 5) is 8.63. The molecule has 0 unspecified atom stereocenters. The Balaban J connectivity index is 1.79. The largest absolute Gasteiger partial charge is 0.573 e. The Labute approximate surface area is 169 Å². The monoisotopic (exact) mass is 424 g/mol. The number of hydrogen-bond acceptors (Lipinski definition) is 6. The van der Waals surface area contributed by atoms with Gasteiger partial charge in [0.2, 0.25) is 5.95 Å². The highest BCUT2D eigenvalue weighted by Crippen LogP contribution is 2.33. The molecule has 6 nitrogen and oxygen atoms in total. The lowest BCUT2D eigenvalue weighted by Gasteiger charge is -2.14. The van der Waals surface area contributed by atoms with Crippen LogP contribution in [0, 0.1) is 6.92 Å². The number of aromatic nitrogens is 2. The molecular weight excluding hydrogens is 409 g/mol. The molecule has 3 aromatic rings. The summed E-state index contributed by atoms with van der Waals surface area (Å²) in [6, 6.07) is 11.1. The summed E-state index contributed by atoms with van der Waals surface area (Å²) in [5, 5.41) is 5.89. The summed E-state index contributed by atoms with van der Waals surface area (Å²) in [5.41, 5.74) is 1.91. The van der Waals surface area contributed by atoms with Gasteiger partial charge in [-0.25, -0.2) is 4.98 Å². The number of nitrogens with zero attached hydrogens (tertiary/aromatic N) is 2. The summed E-state index contributed by atoms with van der Waals surface area (Å²) in [6.07, 6.45) is -3.21. The molecule has 152 valence electrons. The SMILES string of the molecule is COc1cccc(Nc2ncc(C)c(Nc3ccc(OC(F)(F)F)c(Cl)c3)n2)c1. The van der Waals surface area contributed by atoms with Gasteiger partial charge in [-0.1, -0.05) is 17.7 Å². The number of benzene rings is 2. The fourth-order valence-corrected chi connectivity index (χ4v) is 2.60. The van der Waals surface area contributed by atoms with Crippen LogP contribution < -0.4 is 20.1 Å². The number of ether oxygens (including phenoxy) is 2. The van der Waals surface area contributed by atoms with Crippen molar-refractivity contribution >= 4 is 34.7 Å². The first-order chi connectivity index (χ1) is 13.7. The van der Waals surface area contributed by atoms with Gasteiger partial charge >= 0.3 is 6.36 Å². The van der Waals surface area contributed by atoms with Crippen LogP contribution in [0.5, 0.6) is 11.5 Å². The molecule has 0 aliphatic rings. The Bertz CT molecular complexity index is 1010. The van der Waals surface area contributed by atoms with Gasteiger partial charge in [0.05, 0.1) is 12.1 Å². The van der Waals surface area contributed by atoms with Crippen LogP contribution in [0.2, 0.25) is 5.02 Å². The molecule has 1 heterocycles. The molecular formula is C19H16ClF3N4O2. The van der Waals surface area contributed by atoms with Gasteiger partial charge in [0.25, 0.3) is 0 Å². The van der Waals surface area contributed by atoms with E-state index in [-0.39, 0.29) is 5.02 Å². The van der Waals surface area contributed by atoms with Crippen molar-refractivity contribution in [1.82, 2.24) is 9.97 Å². The molecule has 0 atom stereocenters. The van der Waals surface area contributed by atoms with E-state index in [9.17, 15) is 13.2 Å². The Hall–Kier alpha value is -3.20. The van der Waals surface area contributed by atoms with Crippen LogP contribution in [0.25, 0.3) is 0 Å². The van der Waals surface area contributed by atoms with Gasteiger partial charge < -0.3 is 20.1 Å². The number of halogens is 4. The van der Waals surface area contributed by atoms with Gasteiger partial charge in [-0.15, -0.1) is 13.2 Å². The summed E-state index contributed by atoms with van der Waals surface area (Å²) >= 11 is 5.89. The highest BCUT2D eigenvalue weighted by Gasteiger charge is 2.32. The van der Waals surface area contributed by atoms with E-state index in [0.29, 0.717) is 23.2 Å². The van der Waals surface area contributed by atoms with Crippen molar-refractivity contribution in [1.29, 1.82) is 0 Å². The number of alkyl halides is 3. The molecule has 2 N–H and O–H groups in total. The highest BCUT2D eigenvalue weighted by molar-refractivity contribution is 6.32. The minimum absolute atomic E-state index is 0.186. The summed E-state index contributed by atoms with van der Waals surface area (Å²) in [7, 11) is 1.57. The number of hydrogen-bond donors (Lipinski definition) is 2. The quantitative estimate of drug-likeness (QED) is 0.518. The van der Waals surface area contributed by atoms with Crippen LogP contribution in [0.1, 0.15) is 5.56 Å². The Morgan fingerprint density at radius 2 is 1.79 bits per heavy atom. The van der Waals surface area contributed by atoms with Crippen molar-refractivity contribution < 1.29 is 22.6 Å². The van der Waals surface area contributed by atoms with Gasteiger partial charge in [-0.05, 0) is 37.3 Å². The zero-order valence-electron chi connectivity index (χ0n) is 15.3. The maximum Gasteiger partial charge on any atom is 0.573 e. The van der Waals surface area contributed by atoms with Crippen LogP contribution in [0.3, 0.4) is 0 Å². The first-order valence-corrected chi connectivity index (χ1v) is 8.68. The van der Waals surface area contributed by atoms with Crippen LogP contribution >= 0.6 is 11.6 Å². The van der Waals surface area contributed by atoms with Crippen LogP contribution in [0.15, 0.2) is 48.7 Å². The lowest BCUT2D eigenvalue weighted by molar-refractivity contribution is -0.274. The Kier molecular flexibility index (Phi) is 5.97. The van der Waals surface area contributed by atoms with Crippen molar-refractivity contribution in [2.24, 2.45) is 0 Å². The molecule has 0 aliphatic carbocycles. The van der Waals surface area contributed by atoms with E-state index in [1.54, 1.807) is 26.3 Å². The van der Waals surface area contributed by atoms with Gasteiger partial charge in [0, 0.05) is 29.2 Å². The third-order valence-electron chi connectivity index (χ3n) is 3.72. The average molecular weight is 425 g/mol. The molecule has 1 aromatic heterocycles. The van der Waals surface area contributed by atoms with Crippen molar-refractivity contribution in [3.8, 4) is 11.5 Å². The molecule has 2 aromatic carbocycles. The zero-order valence-corrected chi connectivity index (χ0v) is 16.1. The first-order valence-electron chi connectivity index (χ1n) is 8.30. The molecule has 0 aliphatic heterocycles. The van der Waals surface area contributed by atoms with Crippen molar-refractivity contribution in [3.63, 3.8) is 0 Å². The number of aryl methyl sites for hydroxylation is 1. The Morgan fingerprint density at radius 1 is 1.03 bits per heavy atom. The predicted molar refractivity (Wildman–Crippen MR) is 104 cm³/mol. The minimum Gasteiger partial charge on any atom is -0.497 e. The fourth-order valence-electron chi connectivity index (χ4n) is 2.38. The van der Waals surface area contributed by atoms with Crippen LogP contribution in [0.4, 0.5) is 36.3 Å². The molecule has 0 bridgehead atoms. The van der Waals surface area contributed by atoms with Crippen LogP contribution in [-0.4, -0.2) is 23.4 Å². The van der Waals surface area contributed by atoms with E-state index in [1.165, 1.54) is 12.1 Å². The number of anilines is 4. The number of nitrogens with one attached hydrogen (secondary N) is 2. The maximum absolute atomic E-state index is 12.4. The second kappa shape index (κ2) is 8.44. The molecule has 0 saturated heterocycles. The topological polar surface area (TPSA) is 68.3 Å². The van der Waals surface area contributed by atoms with Crippen molar-refractivity contribution in [3.05, 3.63) is 59.2 Å². The van der Waals surface area contributed by atoms with Gasteiger partial charge in [0.1, 0.15) is 17.3 Å². The number of methoxy groups -OCH3 is 1. The summed E-state index contributed by atoms with van der Waals surface area (Å²) in [5.74, 6) is 0.987. The molecule has 0 spiro atoms. The molecule has 0 saturated carbocycles. The summed E-state index contributed by atoms with van der Waals surface area (Å²) in [6.45, 7) is 1.79. The molecule has 3 rings (SSSR count). The maximum atomic E-state index is 12.4. The smallest absolute Gasteiger partial charge is 0.497 e. The van der Waals surface area contributed by atoms with Gasteiger partial charge in [0.15, 0.2) is 0 Å². The normalized spacial score (nSPS) is 11.1. The third kappa shape index (κ3) is 5.64. The fraction of sp³-hybridized carbons (Fsp3) is 0.158. The standard InChI is InChI=1S/C19H16ClF3N4O2/c1-11-10-24-18(26-12-4-3-5-14(8-12)28-2)27-17(11)25-13-6-7-16(15(20)9-13)29-19(21,22)23/h3-10H,1-2H3,(H2,24,25,26,27). The van der Waals surface area contributed by atoms with Gasteiger partial charge in [-0.2, -0.15) is 4.98 Å². The van der Waals surface area contributed by atoms with Crippen molar-refractivity contribution in [2.75, 3.05) is 17.7 Å². The van der Waals surface area contributed by atoms with E-state index in [4.69, 9.17) is 16.3 Å². The van der Waals surface area contributed by atoms with Crippen LogP contribution in [-0.2, 0) is 0 Å². The lowest BCUT2D eigenvalue weighted by Crippen LogP contribution is -2.17. The highest BCUT2D eigenvalue weighted by atomic mass is 35.5. The van der Waals surface area contributed by atoms with E-state index >= 15 is 0 Å². The second-order valence-electron chi connectivity index (χ2n) is 5.90. The number of rotatable bonds is 6. The van der Waals surface area contributed by atoms with E-state index in [0.717, 1.165) is 17.3 Å². The van der Waals surface area contributed by atoms with Crippen molar-refractivity contribution in [2.45, 2.75) is 13.3 Å². The molecule has 0 fully saturated rings. The molecule has 0 radical (unpaired) electrons. The van der Waals surface area contributed by atoms with E-state index in [1.807, 2.05) is 18.2 Å². The zero-order chi connectivity index (χ0) is 21.0. The van der Waals surface area contributed by atoms with Gasteiger partial charge in [-0.3, -0.25) is 0 Å². The molecule has 0 amide bonds. The average Bonchev–Trinajstić information content (AvgIpc) is 2.66. The van der Waals surface area contributed by atoms with E-state index < -0.39 is 12.1 Å². The third-order valence-corrected chi connectivity index (χ3v) is 4.01. The molecule has 29 heavy (non-hydrogen) atoms. The first kappa shape index (κ1) is 20.5. The van der Waals surface area contributed by atoms with E-state index in [2.05, 4.69) is 25.3 Å².